The fourth-order valence-corrected chi connectivity index (χ4v) is 2.73. The molecule has 1 aliphatic heterocycles. The molecule has 2 heterocycles. The van der Waals surface area contributed by atoms with E-state index < -0.39 is 0 Å². The van der Waals surface area contributed by atoms with E-state index in [0.717, 1.165) is 0 Å². The van der Waals surface area contributed by atoms with E-state index in [1.54, 1.807) is 24.3 Å². The molecule has 0 bridgehead atoms. The lowest BCUT2D eigenvalue weighted by Gasteiger charge is -2.10. The number of halogens is 1. The molecule has 0 spiro atoms. The van der Waals surface area contributed by atoms with Crippen LogP contribution in [0.4, 0.5) is 4.39 Å². The van der Waals surface area contributed by atoms with Crippen LogP contribution in [0, 0.1) is 11.2 Å². The third kappa shape index (κ3) is 5.61. The van der Waals surface area contributed by atoms with Crippen molar-refractivity contribution in [1.29, 1.82) is 5.41 Å². The molecule has 1 aromatic carbocycles. The number of hydrogen-bond acceptors (Lipinski definition) is 8. The summed E-state index contributed by atoms with van der Waals surface area (Å²) in [6.07, 6.45) is 5.77. The van der Waals surface area contributed by atoms with Crippen LogP contribution < -0.4 is 16.8 Å². The van der Waals surface area contributed by atoms with E-state index in [-0.39, 0.29) is 29.7 Å². The lowest BCUT2D eigenvalue weighted by atomic mass is 10.1. The number of aromatic nitrogens is 1. The van der Waals surface area contributed by atoms with Crippen molar-refractivity contribution >= 4 is 23.0 Å². The number of aryl methyl sites for hydroxylation is 1. The van der Waals surface area contributed by atoms with Gasteiger partial charge in [-0.1, -0.05) is 23.4 Å². The van der Waals surface area contributed by atoms with Crippen LogP contribution >= 0.6 is 0 Å². The zero-order valence-electron chi connectivity index (χ0n) is 15.7. The van der Waals surface area contributed by atoms with Gasteiger partial charge in [-0.05, 0) is 30.5 Å². The van der Waals surface area contributed by atoms with Gasteiger partial charge in [0.1, 0.15) is 29.4 Å². The molecule has 0 aliphatic carbocycles. The van der Waals surface area contributed by atoms with Gasteiger partial charge in [-0.2, -0.15) is 0 Å². The van der Waals surface area contributed by atoms with Crippen LogP contribution in [0.15, 0.2) is 69.1 Å². The molecule has 3 rings (SSSR count). The summed E-state index contributed by atoms with van der Waals surface area (Å²) in [4.78, 5) is 8.30. The van der Waals surface area contributed by atoms with Gasteiger partial charge in [-0.15, -0.1) is 0 Å². The van der Waals surface area contributed by atoms with Crippen LogP contribution in [0.5, 0.6) is 0 Å². The van der Waals surface area contributed by atoms with Crippen LogP contribution in [0.2, 0.25) is 0 Å². The SMILES string of the molecule is N=C(/C=C(\NCCCc1ccccc1F)c1ccon1)C1=NC(N)=CC(N)=NC1. The number of nitrogens with zero attached hydrogens (tertiary/aromatic N) is 3. The second-order valence-electron chi connectivity index (χ2n) is 6.35. The molecule has 0 amide bonds. The van der Waals surface area contributed by atoms with Crippen molar-refractivity contribution in [3.05, 3.63) is 71.6 Å². The third-order valence-electron chi connectivity index (χ3n) is 4.18. The molecular weight excluding hydrogens is 373 g/mol. The Morgan fingerprint density at radius 2 is 2.10 bits per heavy atom. The van der Waals surface area contributed by atoms with Gasteiger partial charge >= 0.3 is 0 Å². The van der Waals surface area contributed by atoms with Gasteiger partial charge in [0.25, 0.3) is 0 Å². The zero-order valence-corrected chi connectivity index (χ0v) is 15.7. The molecule has 1 aromatic heterocycles. The van der Waals surface area contributed by atoms with E-state index in [1.807, 2.05) is 6.07 Å². The summed E-state index contributed by atoms with van der Waals surface area (Å²) in [5.41, 5.74) is 13.7. The first-order valence-electron chi connectivity index (χ1n) is 9.06. The first-order valence-corrected chi connectivity index (χ1v) is 9.06. The van der Waals surface area contributed by atoms with E-state index >= 15 is 0 Å². The molecule has 2 aromatic rings. The van der Waals surface area contributed by atoms with Gasteiger partial charge in [0.05, 0.1) is 23.7 Å². The zero-order chi connectivity index (χ0) is 20.6. The number of nitrogens with one attached hydrogen (secondary N) is 2. The number of allylic oxidation sites excluding steroid dienone is 1. The highest BCUT2D eigenvalue weighted by Gasteiger charge is 2.12. The highest BCUT2D eigenvalue weighted by molar-refractivity contribution is 6.47. The fourth-order valence-electron chi connectivity index (χ4n) is 2.73. The van der Waals surface area contributed by atoms with Crippen LogP contribution in [-0.4, -0.2) is 35.5 Å². The normalized spacial score (nSPS) is 14.5. The van der Waals surface area contributed by atoms with Gasteiger partial charge in [0.15, 0.2) is 0 Å². The van der Waals surface area contributed by atoms with Gasteiger partial charge in [0, 0.05) is 18.7 Å². The molecule has 9 heteroatoms. The number of nitrogens with two attached hydrogens (primary N) is 2. The van der Waals surface area contributed by atoms with Crippen molar-refractivity contribution in [1.82, 2.24) is 10.5 Å². The Bertz CT molecular complexity index is 990. The molecule has 0 saturated carbocycles. The molecule has 8 nitrogen and oxygen atoms in total. The summed E-state index contributed by atoms with van der Waals surface area (Å²) >= 11 is 0. The van der Waals surface area contributed by atoms with E-state index in [9.17, 15) is 4.39 Å². The maximum atomic E-state index is 13.7. The quantitative estimate of drug-likeness (QED) is 0.400. The minimum atomic E-state index is -0.210. The number of hydrogen-bond donors (Lipinski definition) is 4. The highest BCUT2D eigenvalue weighted by atomic mass is 19.1. The first kappa shape index (κ1) is 20.0. The maximum Gasteiger partial charge on any atom is 0.129 e. The Morgan fingerprint density at radius 1 is 1.28 bits per heavy atom. The summed E-state index contributed by atoms with van der Waals surface area (Å²) in [6.45, 7) is 0.706. The van der Waals surface area contributed by atoms with Crippen molar-refractivity contribution in [2.75, 3.05) is 13.1 Å². The van der Waals surface area contributed by atoms with Crippen molar-refractivity contribution < 1.29 is 8.91 Å². The Labute approximate surface area is 167 Å². The van der Waals surface area contributed by atoms with Crippen molar-refractivity contribution in [3.63, 3.8) is 0 Å². The van der Waals surface area contributed by atoms with Crippen LogP contribution in [0.1, 0.15) is 17.7 Å². The predicted octanol–water partition coefficient (Wildman–Crippen LogP) is 2.01. The van der Waals surface area contributed by atoms with Crippen molar-refractivity contribution in [2.45, 2.75) is 12.8 Å². The van der Waals surface area contributed by atoms with E-state index in [1.165, 1.54) is 18.4 Å². The Kier molecular flexibility index (Phi) is 6.51. The van der Waals surface area contributed by atoms with Gasteiger partial charge in [-0.25, -0.2) is 9.38 Å². The standard InChI is InChI=1S/C20H22FN7O/c21-14-6-2-1-4-13(14)5-3-8-25-17(16-7-9-29-28-16)10-15(22)18-12-26-19(23)11-20(24)27-18/h1-2,4,6-7,9-11,22,25H,3,5,8,12,24H2,(H2,23,26)/b17-10-,22-15?. The van der Waals surface area contributed by atoms with Gasteiger partial charge < -0.3 is 21.3 Å². The second-order valence-corrected chi connectivity index (χ2v) is 6.35. The topological polar surface area (TPSA) is 139 Å². The van der Waals surface area contributed by atoms with E-state index in [0.29, 0.717) is 42.1 Å². The molecule has 0 unspecified atom stereocenters. The highest BCUT2D eigenvalue weighted by Crippen LogP contribution is 2.12. The number of amidine groups is 1. The average molecular weight is 395 g/mol. The van der Waals surface area contributed by atoms with Gasteiger partial charge in [-0.3, -0.25) is 10.4 Å². The second kappa shape index (κ2) is 9.45. The molecule has 0 fully saturated rings. The minimum absolute atomic E-state index is 0.124. The Balaban J connectivity index is 1.68. The summed E-state index contributed by atoms with van der Waals surface area (Å²) in [5, 5.41) is 15.5. The molecule has 29 heavy (non-hydrogen) atoms. The number of aliphatic imine (C=N–C) groups is 2. The predicted molar refractivity (Wildman–Crippen MR) is 111 cm³/mol. The largest absolute Gasteiger partial charge is 0.384 e. The Hall–Kier alpha value is -3.75. The molecule has 0 saturated heterocycles. The van der Waals surface area contributed by atoms with Gasteiger partial charge in [0.2, 0.25) is 0 Å². The van der Waals surface area contributed by atoms with Crippen molar-refractivity contribution in [3.8, 4) is 0 Å². The molecule has 0 atom stereocenters. The first-order chi connectivity index (χ1) is 14.0. The molecular formula is C20H22FN7O. The van der Waals surface area contributed by atoms with E-state index in [4.69, 9.17) is 21.4 Å². The smallest absolute Gasteiger partial charge is 0.129 e. The number of rotatable bonds is 8. The van der Waals surface area contributed by atoms with Crippen LogP contribution in [0.3, 0.4) is 0 Å². The average Bonchev–Trinajstić information content (AvgIpc) is 3.17. The van der Waals surface area contributed by atoms with Crippen LogP contribution in [-0.2, 0) is 6.42 Å². The summed E-state index contributed by atoms with van der Waals surface area (Å²) in [7, 11) is 0. The van der Waals surface area contributed by atoms with Crippen molar-refractivity contribution in [2.24, 2.45) is 21.5 Å². The lowest BCUT2D eigenvalue weighted by Crippen LogP contribution is -2.20. The van der Waals surface area contributed by atoms with Crippen LogP contribution in [0.25, 0.3) is 5.70 Å². The molecule has 6 N–H and O–H groups in total. The number of benzene rings is 1. The summed E-state index contributed by atoms with van der Waals surface area (Å²) in [5.74, 6) is 0.247. The molecule has 0 radical (unpaired) electrons. The molecule has 150 valence electrons. The van der Waals surface area contributed by atoms with E-state index in [2.05, 4.69) is 20.5 Å². The minimum Gasteiger partial charge on any atom is -0.384 e. The molecule has 1 aliphatic rings. The Morgan fingerprint density at radius 3 is 2.86 bits per heavy atom. The maximum absolute atomic E-state index is 13.7. The third-order valence-corrected chi connectivity index (χ3v) is 4.18. The summed E-state index contributed by atoms with van der Waals surface area (Å²) in [6, 6.07) is 8.39. The monoisotopic (exact) mass is 395 g/mol. The summed E-state index contributed by atoms with van der Waals surface area (Å²) < 4.78 is 18.7. The fraction of sp³-hybridized carbons (Fsp3) is 0.200. The lowest BCUT2D eigenvalue weighted by molar-refractivity contribution is 0.417.